The molecule has 8 atom stereocenters. The molecule has 0 unspecified atom stereocenters. The molecule has 46 heavy (non-hydrogen) atoms. The molecule has 3 aliphatic heterocycles. The van der Waals surface area contributed by atoms with Crippen LogP contribution in [0, 0.1) is 10.8 Å². The van der Waals surface area contributed by atoms with Gasteiger partial charge in [0, 0.05) is 30.1 Å². The molecule has 5 rings (SSSR count). The number of cyclic esters (lactones) is 1. The molecule has 0 aromatic carbocycles. The second-order valence-corrected chi connectivity index (χ2v) is 13.3. The van der Waals surface area contributed by atoms with Gasteiger partial charge in [-0.05, 0) is 52.0 Å². The zero-order valence-corrected chi connectivity index (χ0v) is 27.1. The average Bonchev–Trinajstić information content (AvgIpc) is 3.78. The highest BCUT2D eigenvalue weighted by molar-refractivity contribution is 5.83. The molecule has 0 amide bonds. The number of carbonyl (C=O) groups excluding carboxylic acids is 2. The van der Waals surface area contributed by atoms with E-state index in [1.54, 1.807) is 25.2 Å². The second kappa shape index (κ2) is 13.9. The molecular formula is C35H46O11. The number of carbonyl (C=O) groups is 3. The van der Waals surface area contributed by atoms with Crippen LogP contribution in [-0.4, -0.2) is 97.3 Å². The summed E-state index contributed by atoms with van der Waals surface area (Å²) in [5.41, 5.74) is 0.349. The van der Waals surface area contributed by atoms with Gasteiger partial charge >= 0.3 is 17.9 Å². The number of aliphatic carboxylic acids is 1. The van der Waals surface area contributed by atoms with Crippen LogP contribution in [0.25, 0.3) is 0 Å². The van der Waals surface area contributed by atoms with Crippen molar-refractivity contribution >= 4 is 17.9 Å². The van der Waals surface area contributed by atoms with Crippen molar-refractivity contribution < 1.29 is 53.0 Å². The smallest absolute Gasteiger partial charge is 0.331 e. The minimum absolute atomic E-state index is 0.0466. The fraction of sp³-hybridized carbons (Fsp3) is 0.629. The van der Waals surface area contributed by atoms with Gasteiger partial charge in [-0.1, -0.05) is 42.4 Å². The van der Waals surface area contributed by atoms with E-state index in [0.29, 0.717) is 37.0 Å². The van der Waals surface area contributed by atoms with Gasteiger partial charge in [0.1, 0.15) is 24.4 Å². The van der Waals surface area contributed by atoms with Crippen molar-refractivity contribution in [3.63, 3.8) is 0 Å². The highest BCUT2D eigenvalue weighted by atomic mass is 16.6. The Bertz CT molecular complexity index is 1340. The van der Waals surface area contributed by atoms with E-state index in [2.05, 4.69) is 19.9 Å². The molecule has 5 aliphatic rings. The van der Waals surface area contributed by atoms with E-state index >= 15 is 0 Å². The van der Waals surface area contributed by atoms with E-state index in [-0.39, 0.29) is 45.1 Å². The normalized spacial score (nSPS) is 39.8. The summed E-state index contributed by atoms with van der Waals surface area (Å²) in [6.45, 7) is 8.37. The first-order chi connectivity index (χ1) is 21.9. The van der Waals surface area contributed by atoms with Crippen LogP contribution in [0.3, 0.4) is 0 Å². The molecule has 11 nitrogen and oxygen atoms in total. The van der Waals surface area contributed by atoms with E-state index < -0.39 is 52.7 Å². The van der Waals surface area contributed by atoms with Gasteiger partial charge in [0.2, 0.25) is 0 Å². The van der Waals surface area contributed by atoms with Gasteiger partial charge < -0.3 is 38.6 Å². The largest absolute Gasteiger partial charge is 0.478 e. The summed E-state index contributed by atoms with van der Waals surface area (Å²) in [6.07, 6.45) is 11.6. The number of rotatable bonds is 7. The standard InChI is InChI=1S/C35H46O11/c1-22-9-12-34-20-43-32(40)17-25(19-36)11-14-42-26(24(3)41-13-10-23(2)16-30(37)38)7-5-6-8-31(39)46-27-18-29(45-28(34)15-22)35(21-44-35)33(27,34)4/h5-8,15-17,24,26-29,36H,9-14,18-21H2,1-4H3,(H,37,38)/b7-5-,8-6-,23-16+,25-17+/t24-,26-,27-,28-,29-,33-,34-,35-/m1/s1. The monoisotopic (exact) mass is 642 g/mol. The van der Waals surface area contributed by atoms with Gasteiger partial charge in [0.15, 0.2) is 0 Å². The number of allylic oxidation sites excluding steroid dienone is 3. The number of carboxylic acid groups (broad SMARTS) is 1. The molecule has 3 fully saturated rings. The van der Waals surface area contributed by atoms with E-state index in [4.69, 9.17) is 33.5 Å². The fourth-order valence-corrected chi connectivity index (χ4v) is 7.68. The lowest BCUT2D eigenvalue weighted by Crippen LogP contribution is -2.66. The first-order valence-electron chi connectivity index (χ1n) is 16.1. The lowest BCUT2D eigenvalue weighted by molar-refractivity contribution is -0.232. The van der Waals surface area contributed by atoms with Gasteiger partial charge in [0.05, 0.1) is 50.2 Å². The maximum atomic E-state index is 13.2. The quantitative estimate of drug-likeness (QED) is 0.181. The number of hydrogen-bond acceptors (Lipinski definition) is 10. The zero-order valence-electron chi connectivity index (χ0n) is 27.1. The topological polar surface area (TPSA) is 150 Å². The van der Waals surface area contributed by atoms with Crippen LogP contribution in [0.1, 0.15) is 59.8 Å². The van der Waals surface area contributed by atoms with Crippen molar-refractivity contribution in [2.45, 2.75) is 95.9 Å². The van der Waals surface area contributed by atoms with Crippen molar-refractivity contribution in [1.29, 1.82) is 0 Å². The Kier molecular flexibility index (Phi) is 10.4. The number of aliphatic hydroxyl groups is 1. The molecule has 0 radical (unpaired) electrons. The molecule has 2 bridgehead atoms. The van der Waals surface area contributed by atoms with Crippen molar-refractivity contribution in [1.82, 2.24) is 0 Å². The van der Waals surface area contributed by atoms with Crippen LogP contribution in [0.15, 0.2) is 59.3 Å². The minimum atomic E-state index is -1.01. The van der Waals surface area contributed by atoms with Crippen molar-refractivity contribution in [2.24, 2.45) is 10.8 Å². The van der Waals surface area contributed by atoms with Gasteiger partial charge in [-0.15, -0.1) is 0 Å². The number of aliphatic hydroxyl groups excluding tert-OH is 1. The summed E-state index contributed by atoms with van der Waals surface area (Å²) >= 11 is 0. The van der Waals surface area contributed by atoms with Crippen molar-refractivity contribution in [3.8, 4) is 0 Å². The Morgan fingerprint density at radius 3 is 2.67 bits per heavy atom. The number of hydrogen-bond donors (Lipinski definition) is 2. The Morgan fingerprint density at radius 2 is 1.96 bits per heavy atom. The van der Waals surface area contributed by atoms with Crippen LogP contribution in [0.5, 0.6) is 0 Å². The first-order valence-corrected chi connectivity index (χ1v) is 16.1. The van der Waals surface area contributed by atoms with E-state index in [0.717, 1.165) is 12.5 Å². The number of epoxide rings is 1. The highest BCUT2D eigenvalue weighted by Gasteiger charge is 2.83. The lowest BCUT2D eigenvalue weighted by Gasteiger charge is -2.58. The molecule has 0 aromatic rings. The molecule has 2 aliphatic carbocycles. The summed E-state index contributed by atoms with van der Waals surface area (Å²) < 4.78 is 36.9. The van der Waals surface area contributed by atoms with Crippen LogP contribution < -0.4 is 0 Å². The molecule has 0 aromatic heterocycles. The van der Waals surface area contributed by atoms with Gasteiger partial charge in [-0.25, -0.2) is 14.4 Å². The van der Waals surface area contributed by atoms with Crippen LogP contribution in [0.4, 0.5) is 0 Å². The highest BCUT2D eigenvalue weighted by Crippen LogP contribution is 2.72. The SMILES string of the molecule is CC1=C[C@H]2O[C@@H]3C[C@H]4OC(=O)/C=C\C=C/[C@H]([C@@H](C)OCC/C(C)=C/C(=O)O)OCC/C(CO)=C\C(=O)OC[C@@]2(CC1)[C@]4(C)[C@@]31CO1. The van der Waals surface area contributed by atoms with Crippen LogP contribution >= 0.6 is 0 Å². The first kappa shape index (κ1) is 34.3. The predicted octanol–water partition coefficient (Wildman–Crippen LogP) is 3.76. The van der Waals surface area contributed by atoms with Crippen molar-refractivity contribution in [2.75, 3.05) is 33.0 Å². The van der Waals surface area contributed by atoms with E-state index in [9.17, 15) is 19.5 Å². The third-order valence-corrected chi connectivity index (χ3v) is 10.6. The Hall–Kier alpha value is -3.09. The number of carboxylic acids is 1. The van der Waals surface area contributed by atoms with Crippen LogP contribution in [-0.2, 0) is 42.8 Å². The van der Waals surface area contributed by atoms with Gasteiger partial charge in [-0.2, -0.15) is 0 Å². The Labute approximate surface area is 269 Å². The number of esters is 2. The molecule has 2 saturated heterocycles. The second-order valence-electron chi connectivity index (χ2n) is 13.3. The summed E-state index contributed by atoms with van der Waals surface area (Å²) in [7, 11) is 0. The van der Waals surface area contributed by atoms with E-state index in [1.165, 1.54) is 17.7 Å². The minimum Gasteiger partial charge on any atom is -0.478 e. The molecule has 1 saturated carbocycles. The molecule has 2 spiro atoms. The maximum absolute atomic E-state index is 13.2. The predicted molar refractivity (Wildman–Crippen MR) is 166 cm³/mol. The molecule has 252 valence electrons. The number of ether oxygens (including phenoxy) is 6. The van der Waals surface area contributed by atoms with E-state index in [1.807, 2.05) is 6.92 Å². The molecular weight excluding hydrogens is 596 g/mol. The summed E-state index contributed by atoms with van der Waals surface area (Å²) in [5.74, 6) is -2.08. The van der Waals surface area contributed by atoms with Crippen LogP contribution in [0.2, 0.25) is 0 Å². The fourth-order valence-electron chi connectivity index (χ4n) is 7.68. The van der Waals surface area contributed by atoms with Crippen molar-refractivity contribution in [3.05, 3.63) is 59.3 Å². The Balaban J connectivity index is 1.39. The average molecular weight is 643 g/mol. The Morgan fingerprint density at radius 1 is 1.17 bits per heavy atom. The summed E-state index contributed by atoms with van der Waals surface area (Å²) in [6, 6.07) is 0. The summed E-state index contributed by atoms with van der Waals surface area (Å²) in [4.78, 5) is 37.3. The third kappa shape index (κ3) is 6.66. The maximum Gasteiger partial charge on any atom is 0.331 e. The molecule has 3 heterocycles. The third-order valence-electron chi connectivity index (χ3n) is 10.6. The molecule has 11 heteroatoms. The summed E-state index contributed by atoms with van der Waals surface area (Å²) in [5, 5.41) is 19.0. The van der Waals surface area contributed by atoms with Gasteiger partial charge in [0.25, 0.3) is 0 Å². The lowest BCUT2D eigenvalue weighted by atomic mass is 9.51. The molecule has 2 N–H and O–H groups in total. The van der Waals surface area contributed by atoms with Gasteiger partial charge in [-0.3, -0.25) is 0 Å². The zero-order chi connectivity index (χ0) is 33.1.